The van der Waals surface area contributed by atoms with E-state index in [2.05, 4.69) is 54.8 Å². The lowest BCUT2D eigenvalue weighted by molar-refractivity contribution is -0.164. The molecule has 4 aromatic rings. The number of unbranched alkanes of at least 4 members (excludes halogenated alkanes) is 1. The van der Waals surface area contributed by atoms with Crippen LogP contribution in [-0.4, -0.2) is 102 Å². The van der Waals surface area contributed by atoms with Crippen molar-refractivity contribution in [3.05, 3.63) is 94.1 Å². The van der Waals surface area contributed by atoms with Crippen LogP contribution in [0.25, 0.3) is 10.4 Å². The number of carbonyl (C=O) groups is 4. The van der Waals surface area contributed by atoms with Crippen molar-refractivity contribution in [1.82, 2.24) is 25.9 Å². The average Bonchev–Trinajstić information content (AvgIpc) is 3.90. The Labute approximate surface area is 402 Å². The average molecular weight is 957 g/mol. The van der Waals surface area contributed by atoms with Crippen LogP contribution in [0.5, 0.6) is 11.5 Å². The number of hydrogen-bond acceptors (Lipinski definition) is 12. The van der Waals surface area contributed by atoms with Crippen LogP contribution in [0.4, 0.5) is 5.69 Å². The lowest BCUT2D eigenvalue weighted by Crippen LogP contribution is -2.74. The van der Waals surface area contributed by atoms with Crippen LogP contribution < -0.4 is 30.5 Å². The maximum absolute atomic E-state index is 14.0. The zero-order valence-corrected chi connectivity index (χ0v) is 41.2. The Morgan fingerprint density at radius 1 is 1.00 bits per heavy atom. The zero-order valence-electron chi connectivity index (χ0n) is 39.6. The van der Waals surface area contributed by atoms with E-state index in [4.69, 9.17) is 25.8 Å². The molecule has 4 amide bonds. The number of nitrogens with zero attached hydrogens (tertiary/aromatic N) is 4. The van der Waals surface area contributed by atoms with Gasteiger partial charge in [-0.15, -0.1) is 11.3 Å². The van der Waals surface area contributed by atoms with E-state index in [1.54, 1.807) is 71.4 Å². The fourth-order valence-corrected chi connectivity index (χ4v) is 10.2. The van der Waals surface area contributed by atoms with Crippen molar-refractivity contribution < 1.29 is 38.5 Å². The minimum absolute atomic E-state index is 0.0431. The van der Waals surface area contributed by atoms with Gasteiger partial charge in [0.05, 0.1) is 45.1 Å². The fourth-order valence-electron chi connectivity index (χ4n) is 9.22. The van der Waals surface area contributed by atoms with Gasteiger partial charge >= 0.3 is 0 Å². The Bertz CT molecular complexity index is 2430. The fraction of sp³-hybridized carbons (Fsp3) is 0.480. The summed E-state index contributed by atoms with van der Waals surface area (Å²) < 4.78 is 17.9. The van der Waals surface area contributed by atoms with Crippen molar-refractivity contribution >= 4 is 52.3 Å². The topological polar surface area (TPSA) is 195 Å². The number of benzene rings is 3. The molecular formula is C50H62ClN7O8S. The Morgan fingerprint density at radius 2 is 1.66 bits per heavy atom. The van der Waals surface area contributed by atoms with E-state index in [1.807, 2.05) is 52.0 Å². The molecule has 4 N–H and O–H groups in total. The number of aliphatic hydroxyl groups is 1. The molecule has 1 aromatic heterocycles. The van der Waals surface area contributed by atoms with Crippen LogP contribution in [0.15, 0.2) is 72.2 Å². The SMILES string of the molecule is Cc1ncsc1-c1ccc(N(C)NC(=O)[C@@H]2C[C@@H](O)CN2C(=O)[C@@H](NC(=O)COCCCCOc2ccc(C(=O)NC3C(C)(C)C(Oc4ccc(C#N)c(Cl)c4)C3(C)C)cc2)C(C)(C)C)cc1. The van der Waals surface area contributed by atoms with E-state index in [9.17, 15) is 29.5 Å². The third-order valence-corrected chi connectivity index (χ3v) is 13.8. The smallest absolute Gasteiger partial charge is 0.261 e. The number of ether oxygens (including phenoxy) is 3. The van der Waals surface area contributed by atoms with Crippen molar-refractivity contribution in [3.63, 3.8) is 0 Å². The number of nitrogens with one attached hydrogen (secondary N) is 3. The van der Waals surface area contributed by atoms with Crippen molar-refractivity contribution in [2.75, 3.05) is 38.4 Å². The van der Waals surface area contributed by atoms with Gasteiger partial charge in [0.15, 0.2) is 0 Å². The number of β-amino-alcohol motifs (C(OH)–C–C–N with tert-alkyl or cyclic N) is 1. The summed E-state index contributed by atoms with van der Waals surface area (Å²) in [5, 5.41) is 27.7. The molecule has 3 atom stereocenters. The Kier molecular flexibility index (Phi) is 15.9. The first kappa shape index (κ1) is 50.7. The van der Waals surface area contributed by atoms with Gasteiger partial charge in [0.25, 0.3) is 11.8 Å². The van der Waals surface area contributed by atoms with Crippen LogP contribution in [0, 0.1) is 34.5 Å². The summed E-state index contributed by atoms with van der Waals surface area (Å²) in [5.74, 6) is -0.418. The molecule has 1 saturated heterocycles. The molecule has 6 rings (SSSR count). The lowest BCUT2D eigenvalue weighted by Gasteiger charge is -2.63. The number of hydrazine groups is 1. The monoisotopic (exact) mass is 955 g/mol. The maximum Gasteiger partial charge on any atom is 0.261 e. The zero-order chi connectivity index (χ0) is 48.8. The first-order chi connectivity index (χ1) is 31.6. The second-order valence-corrected chi connectivity index (χ2v) is 20.8. The molecule has 1 aliphatic heterocycles. The van der Waals surface area contributed by atoms with Crippen LogP contribution >= 0.6 is 22.9 Å². The predicted molar refractivity (Wildman–Crippen MR) is 258 cm³/mol. The van der Waals surface area contributed by atoms with Crippen molar-refractivity contribution in [3.8, 4) is 28.0 Å². The molecule has 0 radical (unpaired) electrons. The molecule has 2 heterocycles. The van der Waals surface area contributed by atoms with Gasteiger partial charge in [-0.2, -0.15) is 5.26 Å². The van der Waals surface area contributed by atoms with E-state index < -0.39 is 52.2 Å². The molecule has 67 heavy (non-hydrogen) atoms. The summed E-state index contributed by atoms with van der Waals surface area (Å²) >= 11 is 7.79. The van der Waals surface area contributed by atoms with Gasteiger partial charge < -0.3 is 34.9 Å². The maximum atomic E-state index is 14.0. The highest BCUT2D eigenvalue weighted by Gasteiger charge is 2.64. The highest BCUT2D eigenvalue weighted by Crippen LogP contribution is 2.55. The number of hydrogen-bond donors (Lipinski definition) is 4. The van der Waals surface area contributed by atoms with E-state index in [0.717, 1.165) is 21.8 Å². The largest absolute Gasteiger partial charge is 0.494 e. The molecule has 0 spiro atoms. The van der Waals surface area contributed by atoms with Crippen molar-refractivity contribution in [2.45, 2.75) is 105 Å². The van der Waals surface area contributed by atoms with Crippen molar-refractivity contribution in [1.29, 1.82) is 5.26 Å². The number of amides is 4. The quantitative estimate of drug-likeness (QED) is 0.0588. The molecule has 0 unspecified atom stereocenters. The van der Waals surface area contributed by atoms with E-state index in [-0.39, 0.29) is 44.2 Å². The van der Waals surface area contributed by atoms with Gasteiger partial charge in [-0.05, 0) is 79.3 Å². The summed E-state index contributed by atoms with van der Waals surface area (Å²) in [7, 11) is 1.71. The number of nitriles is 1. The van der Waals surface area contributed by atoms with E-state index in [0.29, 0.717) is 47.1 Å². The van der Waals surface area contributed by atoms with Gasteiger partial charge in [0.2, 0.25) is 11.8 Å². The predicted octanol–water partition coefficient (Wildman–Crippen LogP) is 7.09. The van der Waals surface area contributed by atoms with Crippen molar-refractivity contribution in [2.24, 2.45) is 16.2 Å². The number of aliphatic hydroxyl groups excluding tert-OH is 1. The van der Waals surface area contributed by atoms with E-state index in [1.165, 1.54) is 4.90 Å². The Morgan fingerprint density at radius 3 is 2.27 bits per heavy atom. The molecule has 2 fully saturated rings. The lowest BCUT2D eigenvalue weighted by atomic mass is 9.49. The standard InChI is InChI=1S/C50H62ClN7O8S/c1-30-41(67-29-53-30)31-12-17-34(18-13-31)57(9)56-44(62)39-24-35(59)27-58(39)45(63)42(48(2,3)4)54-40(60)28-64-22-10-11-23-65-36-19-14-32(15-20-36)43(61)55-46-49(5,6)47(50(46,7)8)66-37-21-16-33(26-52)38(51)25-37/h12-21,25,29,35,39,42,46-47,59H,10-11,22-24,27-28H2,1-9H3,(H,54,60)(H,55,61)(H,56,62)/t35-,39+,42-,46?,47?/m1/s1. The molecule has 0 bridgehead atoms. The minimum Gasteiger partial charge on any atom is -0.494 e. The number of aromatic nitrogens is 1. The molecule has 2 aliphatic rings. The summed E-state index contributed by atoms with van der Waals surface area (Å²) in [6, 6.07) is 19.6. The highest BCUT2D eigenvalue weighted by atomic mass is 35.5. The van der Waals surface area contributed by atoms with E-state index >= 15 is 0 Å². The molecule has 17 heteroatoms. The number of likely N-dealkylation sites (tertiary alicyclic amines) is 1. The number of thiazole rings is 1. The minimum atomic E-state index is -0.985. The summed E-state index contributed by atoms with van der Waals surface area (Å²) in [6.45, 7) is 16.0. The summed E-state index contributed by atoms with van der Waals surface area (Å²) in [5.41, 5.74) is 6.70. The van der Waals surface area contributed by atoms with Gasteiger partial charge in [-0.3, -0.25) is 29.6 Å². The first-order valence-corrected chi connectivity index (χ1v) is 23.7. The molecule has 15 nitrogen and oxygen atoms in total. The third-order valence-electron chi connectivity index (χ3n) is 12.6. The molecular weight excluding hydrogens is 894 g/mol. The summed E-state index contributed by atoms with van der Waals surface area (Å²) in [4.78, 5) is 60.8. The molecule has 3 aromatic carbocycles. The Balaban J connectivity index is 0.906. The normalized spacial score (nSPS) is 19.9. The van der Waals surface area contributed by atoms with Crippen LogP contribution in [0.1, 0.15) is 89.3 Å². The Hall–Kier alpha value is -5.73. The van der Waals surface area contributed by atoms with Gasteiger partial charge in [-0.25, -0.2) is 4.98 Å². The number of carbonyl (C=O) groups excluding carboxylic acids is 4. The third kappa shape index (κ3) is 11.9. The second kappa shape index (κ2) is 21.1. The molecule has 1 aliphatic carbocycles. The van der Waals surface area contributed by atoms with Crippen LogP contribution in [0.3, 0.4) is 0 Å². The van der Waals surface area contributed by atoms with Gasteiger partial charge in [0, 0.05) is 55.1 Å². The van der Waals surface area contributed by atoms with Crippen LogP contribution in [-0.2, 0) is 19.1 Å². The van der Waals surface area contributed by atoms with Crippen LogP contribution in [0.2, 0.25) is 5.02 Å². The number of anilines is 1. The second-order valence-electron chi connectivity index (χ2n) is 19.5. The number of rotatable bonds is 18. The van der Waals surface area contributed by atoms with Gasteiger partial charge in [0.1, 0.15) is 42.4 Å². The highest BCUT2D eigenvalue weighted by molar-refractivity contribution is 7.13. The first-order valence-electron chi connectivity index (χ1n) is 22.4. The summed E-state index contributed by atoms with van der Waals surface area (Å²) in [6.07, 6.45) is 0.188. The number of aryl methyl sites for hydroxylation is 1. The molecule has 358 valence electrons. The number of halogens is 1. The van der Waals surface area contributed by atoms with Gasteiger partial charge in [-0.1, -0.05) is 72.2 Å². The molecule has 1 saturated carbocycles.